The second kappa shape index (κ2) is 8.75. The molecule has 1 N–H and O–H groups in total. The van der Waals surface area contributed by atoms with Gasteiger partial charge in [0.1, 0.15) is 0 Å². The molecule has 0 radical (unpaired) electrons. The lowest BCUT2D eigenvalue weighted by Gasteiger charge is -2.32. The van der Waals surface area contributed by atoms with Crippen molar-refractivity contribution in [2.75, 3.05) is 26.7 Å². The fourth-order valence-corrected chi connectivity index (χ4v) is 4.90. The number of benzene rings is 1. The van der Waals surface area contributed by atoms with Gasteiger partial charge in [-0.2, -0.15) is 4.31 Å². The van der Waals surface area contributed by atoms with Gasteiger partial charge in [0.05, 0.1) is 9.82 Å². The number of nitrogens with zero attached hydrogens (tertiary/aromatic N) is 2. The van der Waals surface area contributed by atoms with Gasteiger partial charge in [-0.25, -0.2) is 8.42 Å². The Balaban J connectivity index is 0.00000288. The molecule has 0 aromatic heterocycles. The number of nitro benzene ring substituents is 1. The van der Waals surface area contributed by atoms with Crippen molar-refractivity contribution in [2.45, 2.75) is 31.1 Å². The first-order valence-electron chi connectivity index (χ1n) is 7.82. The number of sulfonamides is 1. The number of nitro groups is 1. The van der Waals surface area contributed by atoms with Gasteiger partial charge in [-0.05, 0) is 44.3 Å². The summed E-state index contributed by atoms with van der Waals surface area (Å²) >= 11 is 0. The van der Waals surface area contributed by atoms with E-state index in [-0.39, 0.29) is 28.9 Å². The first-order valence-corrected chi connectivity index (χ1v) is 9.26. The van der Waals surface area contributed by atoms with Crippen LogP contribution in [0.3, 0.4) is 0 Å². The van der Waals surface area contributed by atoms with Crippen LogP contribution in [0.15, 0.2) is 23.1 Å². The fraction of sp³-hybridized carbons (Fsp3) is 0.600. The van der Waals surface area contributed by atoms with E-state index in [1.54, 1.807) is 6.07 Å². The molecule has 1 fully saturated rings. The average molecular weight is 378 g/mol. The fourth-order valence-electron chi connectivity index (χ4n) is 3.03. The van der Waals surface area contributed by atoms with Crippen LogP contribution in [0.1, 0.15) is 25.3 Å². The molecule has 0 saturated carbocycles. The van der Waals surface area contributed by atoms with Crippen molar-refractivity contribution in [2.24, 2.45) is 5.92 Å². The largest absolute Gasteiger partial charge is 0.319 e. The third kappa shape index (κ3) is 4.44. The number of nitrogens with one attached hydrogen (secondary N) is 1. The first-order chi connectivity index (χ1) is 10.9. The van der Waals surface area contributed by atoms with Crippen LogP contribution in [-0.2, 0) is 16.4 Å². The Morgan fingerprint density at radius 2 is 2.12 bits per heavy atom. The summed E-state index contributed by atoms with van der Waals surface area (Å²) in [5, 5.41) is 14.1. The zero-order valence-corrected chi connectivity index (χ0v) is 15.5. The molecule has 0 spiro atoms. The molecule has 1 unspecified atom stereocenters. The van der Waals surface area contributed by atoms with Gasteiger partial charge in [-0.1, -0.05) is 13.0 Å². The minimum Gasteiger partial charge on any atom is -0.319 e. The number of hydrogen-bond donors (Lipinski definition) is 1. The van der Waals surface area contributed by atoms with Crippen LogP contribution < -0.4 is 5.32 Å². The van der Waals surface area contributed by atoms with Crippen LogP contribution in [-0.4, -0.2) is 44.3 Å². The maximum absolute atomic E-state index is 13.0. The molecule has 1 saturated heterocycles. The molecule has 24 heavy (non-hydrogen) atoms. The maximum Gasteiger partial charge on any atom is 0.270 e. The van der Waals surface area contributed by atoms with E-state index in [1.807, 2.05) is 14.0 Å². The highest BCUT2D eigenvalue weighted by Crippen LogP contribution is 2.28. The monoisotopic (exact) mass is 377 g/mol. The van der Waals surface area contributed by atoms with Gasteiger partial charge in [0.25, 0.3) is 5.69 Å². The van der Waals surface area contributed by atoms with Gasteiger partial charge >= 0.3 is 0 Å². The number of rotatable bonds is 6. The molecule has 1 atom stereocenters. The first kappa shape index (κ1) is 20.8. The Morgan fingerprint density at radius 3 is 2.71 bits per heavy atom. The molecule has 0 aliphatic carbocycles. The number of hydrogen-bond acceptors (Lipinski definition) is 5. The Labute approximate surface area is 149 Å². The second-order valence-electron chi connectivity index (χ2n) is 5.83. The lowest BCUT2D eigenvalue weighted by Crippen LogP contribution is -2.42. The molecule has 9 heteroatoms. The van der Waals surface area contributed by atoms with Crippen molar-refractivity contribution in [3.05, 3.63) is 33.9 Å². The summed E-state index contributed by atoms with van der Waals surface area (Å²) in [4.78, 5) is 10.5. The molecular weight excluding hydrogens is 354 g/mol. The third-order valence-electron chi connectivity index (χ3n) is 4.23. The van der Waals surface area contributed by atoms with E-state index < -0.39 is 14.9 Å². The maximum atomic E-state index is 13.0. The van der Waals surface area contributed by atoms with Crippen LogP contribution >= 0.6 is 12.4 Å². The van der Waals surface area contributed by atoms with Gasteiger partial charge in [-0.15, -0.1) is 12.4 Å². The lowest BCUT2D eigenvalue weighted by atomic mass is 10.00. The summed E-state index contributed by atoms with van der Waals surface area (Å²) in [6.45, 7) is 3.53. The van der Waals surface area contributed by atoms with Crippen LogP contribution in [0, 0.1) is 16.0 Å². The molecule has 1 heterocycles. The minimum atomic E-state index is -3.71. The number of non-ortho nitro benzene ring substituents is 1. The second-order valence-corrected chi connectivity index (χ2v) is 7.74. The van der Waals surface area contributed by atoms with Crippen LogP contribution in [0.25, 0.3) is 0 Å². The van der Waals surface area contributed by atoms with Crippen LogP contribution in [0.5, 0.6) is 0 Å². The minimum absolute atomic E-state index is 0. The third-order valence-corrected chi connectivity index (χ3v) is 6.18. The Hall–Kier alpha value is -1.22. The molecular formula is C15H24ClN3O4S. The van der Waals surface area contributed by atoms with Gasteiger partial charge in [0, 0.05) is 25.2 Å². The highest BCUT2D eigenvalue weighted by molar-refractivity contribution is 7.89. The lowest BCUT2D eigenvalue weighted by molar-refractivity contribution is -0.385. The molecule has 7 nitrogen and oxygen atoms in total. The molecule has 1 aromatic rings. The normalized spacial score (nSPS) is 18.8. The molecule has 0 bridgehead atoms. The van der Waals surface area contributed by atoms with Crippen molar-refractivity contribution in [1.82, 2.24) is 9.62 Å². The standard InChI is InChI=1S/C15H23N3O4S.ClH/c1-3-13-6-7-14(18(19)20)9-15(13)23(21,22)17-8-4-5-12(11-17)10-16-2;/h6-7,9,12,16H,3-5,8,10-11H2,1-2H3;1H. The van der Waals surface area contributed by atoms with Crippen molar-refractivity contribution in [1.29, 1.82) is 0 Å². The molecule has 1 aromatic carbocycles. The van der Waals surface area contributed by atoms with E-state index in [0.29, 0.717) is 25.1 Å². The Kier molecular flexibility index (Phi) is 7.59. The molecule has 1 aliphatic rings. The number of halogens is 1. The van der Waals surface area contributed by atoms with Gasteiger partial charge in [0.15, 0.2) is 0 Å². The van der Waals surface area contributed by atoms with Gasteiger partial charge in [0.2, 0.25) is 10.0 Å². The Morgan fingerprint density at radius 1 is 1.42 bits per heavy atom. The van der Waals surface area contributed by atoms with Gasteiger partial charge in [-0.3, -0.25) is 10.1 Å². The van der Waals surface area contributed by atoms with Crippen molar-refractivity contribution < 1.29 is 13.3 Å². The molecule has 2 rings (SSSR count). The highest BCUT2D eigenvalue weighted by Gasteiger charge is 2.32. The molecule has 1 aliphatic heterocycles. The quantitative estimate of drug-likeness (QED) is 0.606. The van der Waals surface area contributed by atoms with Crippen LogP contribution in [0.2, 0.25) is 0 Å². The Bertz CT molecular complexity index is 679. The summed E-state index contributed by atoms with van der Waals surface area (Å²) in [7, 11) is -1.86. The zero-order valence-electron chi connectivity index (χ0n) is 13.9. The number of piperidine rings is 1. The smallest absolute Gasteiger partial charge is 0.270 e. The average Bonchev–Trinajstić information content (AvgIpc) is 2.54. The van der Waals surface area contributed by atoms with E-state index in [9.17, 15) is 18.5 Å². The number of aryl methyl sites for hydroxylation is 1. The van der Waals surface area contributed by atoms with E-state index in [1.165, 1.54) is 16.4 Å². The van der Waals surface area contributed by atoms with E-state index in [4.69, 9.17) is 0 Å². The molecule has 0 amide bonds. The van der Waals surface area contributed by atoms with Gasteiger partial charge < -0.3 is 5.32 Å². The predicted octanol–water partition coefficient (Wildman–Crippen LogP) is 2.20. The van der Waals surface area contributed by atoms with E-state index in [0.717, 1.165) is 19.4 Å². The van der Waals surface area contributed by atoms with E-state index in [2.05, 4.69) is 5.32 Å². The summed E-state index contributed by atoms with van der Waals surface area (Å²) in [5.41, 5.74) is 0.427. The summed E-state index contributed by atoms with van der Waals surface area (Å²) in [6.07, 6.45) is 2.31. The van der Waals surface area contributed by atoms with Crippen LogP contribution in [0.4, 0.5) is 5.69 Å². The predicted molar refractivity (Wildman–Crippen MR) is 95.1 cm³/mol. The zero-order chi connectivity index (χ0) is 17.0. The summed E-state index contributed by atoms with van der Waals surface area (Å²) in [6, 6.07) is 4.09. The van der Waals surface area contributed by atoms with Crippen molar-refractivity contribution in [3.8, 4) is 0 Å². The molecule has 136 valence electrons. The van der Waals surface area contributed by atoms with E-state index >= 15 is 0 Å². The summed E-state index contributed by atoms with van der Waals surface area (Å²) < 4.78 is 27.4. The topological polar surface area (TPSA) is 92.5 Å². The van der Waals surface area contributed by atoms with Crippen molar-refractivity contribution in [3.63, 3.8) is 0 Å². The summed E-state index contributed by atoms with van der Waals surface area (Å²) in [5.74, 6) is 0.271. The van der Waals surface area contributed by atoms with Crippen molar-refractivity contribution >= 4 is 28.1 Å². The highest BCUT2D eigenvalue weighted by atomic mass is 35.5. The SMILES string of the molecule is CCc1ccc([N+](=O)[O-])cc1S(=O)(=O)N1CCCC(CNC)C1.Cl.